The summed E-state index contributed by atoms with van der Waals surface area (Å²) < 4.78 is 5.30. The fourth-order valence-electron chi connectivity index (χ4n) is 2.00. The highest BCUT2D eigenvalue weighted by molar-refractivity contribution is 5.65. The maximum absolute atomic E-state index is 11.0. The zero-order chi connectivity index (χ0) is 12.8. The second-order valence-corrected chi connectivity index (χ2v) is 4.20. The lowest BCUT2D eigenvalue weighted by Gasteiger charge is -2.29. The summed E-state index contributed by atoms with van der Waals surface area (Å²) in [7, 11) is 1.53. The van der Waals surface area contributed by atoms with Crippen LogP contribution in [0.25, 0.3) is 0 Å². The molecule has 1 aromatic heterocycles. The van der Waals surface area contributed by atoms with Gasteiger partial charge >= 0.3 is 6.09 Å². The van der Waals surface area contributed by atoms with Gasteiger partial charge in [0.15, 0.2) is 0 Å². The molecule has 96 valence electrons. The van der Waals surface area contributed by atoms with Crippen LogP contribution in [0.4, 0.5) is 4.79 Å². The van der Waals surface area contributed by atoms with Crippen molar-refractivity contribution in [2.24, 2.45) is 5.92 Å². The Labute approximate surface area is 101 Å². The Kier molecular flexibility index (Phi) is 5.03. The molecule has 1 rings (SSSR count). The lowest BCUT2D eigenvalue weighted by atomic mass is 9.94. The number of carbonyl (C=O) groups is 1. The maximum Gasteiger partial charge on any atom is 0.407 e. The van der Waals surface area contributed by atoms with Crippen LogP contribution in [-0.4, -0.2) is 34.9 Å². The van der Waals surface area contributed by atoms with Gasteiger partial charge in [0.1, 0.15) is 5.76 Å². The predicted octanol–water partition coefficient (Wildman–Crippen LogP) is 2.34. The van der Waals surface area contributed by atoms with Crippen molar-refractivity contribution < 1.29 is 19.4 Å². The van der Waals surface area contributed by atoms with Gasteiger partial charge in [0.2, 0.25) is 0 Å². The van der Waals surface area contributed by atoms with E-state index in [9.17, 15) is 4.79 Å². The largest absolute Gasteiger partial charge is 0.467 e. The molecule has 5 heteroatoms. The molecular weight excluding hydrogens is 222 g/mol. The van der Waals surface area contributed by atoms with Crippen molar-refractivity contribution in [3.63, 3.8) is 0 Å². The fourth-order valence-corrected chi connectivity index (χ4v) is 2.00. The quantitative estimate of drug-likeness (QED) is 0.801. The minimum Gasteiger partial charge on any atom is -0.467 e. The van der Waals surface area contributed by atoms with E-state index in [-0.39, 0.29) is 18.6 Å². The molecule has 0 saturated heterocycles. The molecule has 2 atom stereocenters. The fraction of sp³-hybridized carbons (Fsp3) is 0.583. The summed E-state index contributed by atoms with van der Waals surface area (Å²) in [5.74, 6) is 0.731. The first-order valence-corrected chi connectivity index (χ1v) is 5.68. The predicted molar refractivity (Wildman–Crippen MR) is 62.7 cm³/mol. The zero-order valence-corrected chi connectivity index (χ0v) is 10.2. The highest BCUT2D eigenvalue weighted by atomic mass is 16.4. The molecule has 0 spiro atoms. The standard InChI is InChI=1S/C12H19NO4/c1-9(5-3-7-14)11(13(2)12(15)16)10-6-4-8-17-10/h4,6,8-9,11,14H,3,5,7H2,1-2H3,(H,15,16)/t9-,11+/m1/s1. The Morgan fingerprint density at radius 3 is 2.76 bits per heavy atom. The minimum atomic E-state index is -0.984. The third-order valence-corrected chi connectivity index (χ3v) is 2.91. The molecule has 1 heterocycles. The molecule has 0 aliphatic carbocycles. The van der Waals surface area contributed by atoms with Gasteiger partial charge in [0, 0.05) is 13.7 Å². The molecule has 1 amide bonds. The molecular formula is C12H19NO4. The molecule has 2 N–H and O–H groups in total. The van der Waals surface area contributed by atoms with Gasteiger partial charge in [0.25, 0.3) is 0 Å². The second kappa shape index (κ2) is 6.30. The lowest BCUT2D eigenvalue weighted by molar-refractivity contribution is 0.110. The van der Waals surface area contributed by atoms with Crippen molar-refractivity contribution in [1.29, 1.82) is 0 Å². The molecule has 0 aromatic carbocycles. The molecule has 0 aliphatic heterocycles. The van der Waals surface area contributed by atoms with Crippen LogP contribution in [0.15, 0.2) is 22.8 Å². The molecule has 0 saturated carbocycles. The van der Waals surface area contributed by atoms with Crippen molar-refractivity contribution >= 4 is 6.09 Å². The Bertz CT molecular complexity index is 336. The number of rotatable bonds is 6. The van der Waals surface area contributed by atoms with Crippen molar-refractivity contribution in [2.45, 2.75) is 25.8 Å². The molecule has 5 nitrogen and oxygen atoms in total. The van der Waals surface area contributed by atoms with Crippen LogP contribution < -0.4 is 0 Å². The summed E-state index contributed by atoms with van der Waals surface area (Å²) in [6.07, 6.45) is 1.96. The number of hydrogen-bond acceptors (Lipinski definition) is 3. The van der Waals surface area contributed by atoms with E-state index in [0.29, 0.717) is 12.2 Å². The highest BCUT2D eigenvalue weighted by Gasteiger charge is 2.28. The van der Waals surface area contributed by atoms with Gasteiger partial charge < -0.3 is 19.5 Å². The summed E-state index contributed by atoms with van der Waals surface area (Å²) in [6.45, 7) is 2.08. The molecule has 0 fully saturated rings. The van der Waals surface area contributed by atoms with Crippen molar-refractivity contribution in [1.82, 2.24) is 4.90 Å². The number of aliphatic hydroxyl groups excluding tert-OH is 1. The minimum absolute atomic E-state index is 0.0920. The number of hydrogen-bond donors (Lipinski definition) is 2. The molecule has 1 aromatic rings. The van der Waals surface area contributed by atoms with Crippen molar-refractivity contribution in [2.75, 3.05) is 13.7 Å². The van der Waals surface area contributed by atoms with Gasteiger partial charge in [-0.1, -0.05) is 6.92 Å². The van der Waals surface area contributed by atoms with E-state index < -0.39 is 6.09 Å². The maximum atomic E-state index is 11.0. The summed E-state index contributed by atoms with van der Waals surface area (Å²) in [5.41, 5.74) is 0. The van der Waals surface area contributed by atoms with Crippen LogP contribution in [0.3, 0.4) is 0 Å². The van der Waals surface area contributed by atoms with Crippen LogP contribution in [0, 0.1) is 5.92 Å². The number of amides is 1. The van der Waals surface area contributed by atoms with Crippen LogP contribution in [0.2, 0.25) is 0 Å². The smallest absolute Gasteiger partial charge is 0.407 e. The Balaban J connectivity index is 2.82. The van der Waals surface area contributed by atoms with Gasteiger partial charge in [-0.05, 0) is 30.9 Å². The molecule has 0 aliphatic rings. The first-order chi connectivity index (χ1) is 8.07. The van der Waals surface area contributed by atoms with Gasteiger partial charge in [-0.15, -0.1) is 0 Å². The Morgan fingerprint density at radius 2 is 2.29 bits per heavy atom. The Morgan fingerprint density at radius 1 is 1.59 bits per heavy atom. The average Bonchev–Trinajstić information content (AvgIpc) is 2.79. The zero-order valence-electron chi connectivity index (χ0n) is 10.2. The van der Waals surface area contributed by atoms with E-state index in [0.717, 1.165) is 6.42 Å². The van der Waals surface area contributed by atoms with E-state index in [1.165, 1.54) is 18.2 Å². The second-order valence-electron chi connectivity index (χ2n) is 4.20. The Hall–Kier alpha value is -1.49. The number of furan rings is 1. The van der Waals surface area contributed by atoms with Crippen LogP contribution in [-0.2, 0) is 0 Å². The lowest BCUT2D eigenvalue weighted by Crippen LogP contribution is -2.33. The summed E-state index contributed by atoms with van der Waals surface area (Å²) in [5, 5.41) is 17.9. The first kappa shape index (κ1) is 13.6. The van der Waals surface area contributed by atoms with E-state index in [2.05, 4.69) is 0 Å². The number of carboxylic acid groups (broad SMARTS) is 1. The third kappa shape index (κ3) is 3.49. The molecule has 0 bridgehead atoms. The van der Waals surface area contributed by atoms with Crippen LogP contribution >= 0.6 is 0 Å². The van der Waals surface area contributed by atoms with Gasteiger partial charge in [-0.2, -0.15) is 0 Å². The van der Waals surface area contributed by atoms with Crippen LogP contribution in [0.1, 0.15) is 31.6 Å². The highest BCUT2D eigenvalue weighted by Crippen LogP contribution is 2.30. The summed E-state index contributed by atoms with van der Waals surface area (Å²) >= 11 is 0. The molecule has 0 unspecified atom stereocenters. The number of nitrogens with zero attached hydrogens (tertiary/aromatic N) is 1. The molecule has 17 heavy (non-hydrogen) atoms. The van der Waals surface area contributed by atoms with Crippen LogP contribution in [0.5, 0.6) is 0 Å². The average molecular weight is 241 g/mol. The number of aliphatic hydroxyl groups is 1. The van der Waals surface area contributed by atoms with E-state index in [1.807, 2.05) is 6.92 Å². The summed E-state index contributed by atoms with van der Waals surface area (Å²) in [6, 6.07) is 3.21. The topological polar surface area (TPSA) is 73.9 Å². The van der Waals surface area contributed by atoms with Crippen molar-refractivity contribution in [3.8, 4) is 0 Å². The molecule has 0 radical (unpaired) electrons. The normalized spacial score (nSPS) is 14.3. The SMILES string of the molecule is C[C@H](CCCO)[C@@H](c1ccco1)N(C)C(=O)O. The van der Waals surface area contributed by atoms with E-state index in [1.54, 1.807) is 12.1 Å². The van der Waals surface area contributed by atoms with E-state index >= 15 is 0 Å². The monoisotopic (exact) mass is 241 g/mol. The van der Waals surface area contributed by atoms with Crippen molar-refractivity contribution in [3.05, 3.63) is 24.2 Å². The third-order valence-electron chi connectivity index (χ3n) is 2.91. The van der Waals surface area contributed by atoms with Gasteiger partial charge in [-0.3, -0.25) is 0 Å². The summed E-state index contributed by atoms with van der Waals surface area (Å²) in [4.78, 5) is 12.3. The first-order valence-electron chi connectivity index (χ1n) is 5.68. The van der Waals surface area contributed by atoms with Gasteiger partial charge in [0.05, 0.1) is 12.3 Å². The van der Waals surface area contributed by atoms with Gasteiger partial charge in [-0.25, -0.2) is 4.79 Å². The van der Waals surface area contributed by atoms with E-state index in [4.69, 9.17) is 14.6 Å².